The molecule has 0 saturated heterocycles. The van der Waals surface area contributed by atoms with E-state index in [4.69, 9.17) is 10.2 Å². The molecule has 0 fully saturated rings. The molecule has 0 amide bonds. The Labute approximate surface area is 99.1 Å². The van der Waals surface area contributed by atoms with Crippen LogP contribution in [0.25, 0.3) is 0 Å². The summed E-state index contributed by atoms with van der Waals surface area (Å²) in [6.45, 7) is 3.99. The van der Waals surface area contributed by atoms with Gasteiger partial charge in [-0.25, -0.2) is 4.98 Å². The van der Waals surface area contributed by atoms with Gasteiger partial charge < -0.3 is 10.2 Å². The average molecular weight is 234 g/mol. The lowest BCUT2D eigenvalue weighted by atomic mass is 10.2. The molecular weight excluding hydrogens is 220 g/mol. The molecule has 0 aliphatic heterocycles. The third-order valence-corrected chi connectivity index (χ3v) is 3.59. The fourth-order valence-electron chi connectivity index (χ4n) is 1.45. The van der Waals surface area contributed by atoms with E-state index in [0.717, 1.165) is 22.9 Å². The van der Waals surface area contributed by atoms with Gasteiger partial charge in [0.1, 0.15) is 5.76 Å². The number of rotatable bonds is 3. The van der Waals surface area contributed by atoms with E-state index in [1.807, 2.05) is 25.1 Å². The smallest absolute Gasteiger partial charge is 0.181 e. The molecule has 16 heavy (non-hydrogen) atoms. The number of aromatic nitrogens is 1. The fraction of sp³-hybridized carbons (Fsp3) is 0.250. The van der Waals surface area contributed by atoms with Crippen molar-refractivity contribution >= 4 is 17.4 Å². The molecule has 0 atom stereocenters. The summed E-state index contributed by atoms with van der Waals surface area (Å²) in [4.78, 5) is 5.40. The van der Waals surface area contributed by atoms with Crippen molar-refractivity contribution in [3.05, 3.63) is 41.6 Å². The predicted molar refractivity (Wildman–Crippen MR) is 66.4 cm³/mol. The number of benzene rings is 1. The zero-order chi connectivity index (χ0) is 11.5. The fourth-order valence-corrected chi connectivity index (χ4v) is 2.47. The largest absolute Gasteiger partial charge is 0.448 e. The molecule has 2 rings (SSSR count). The van der Waals surface area contributed by atoms with Crippen molar-refractivity contribution in [2.24, 2.45) is 0 Å². The maximum absolute atomic E-state index is 5.71. The first-order valence-corrected chi connectivity index (χ1v) is 6.03. The minimum Gasteiger partial charge on any atom is -0.448 e. The third kappa shape index (κ3) is 2.39. The second-order valence-corrected chi connectivity index (χ2v) is 4.69. The molecule has 0 aliphatic carbocycles. The number of nitrogen functional groups attached to an aromatic ring is 1. The van der Waals surface area contributed by atoms with Crippen LogP contribution in [0.3, 0.4) is 0 Å². The van der Waals surface area contributed by atoms with Crippen LogP contribution < -0.4 is 5.73 Å². The Balaban J connectivity index is 2.08. The first kappa shape index (κ1) is 11.1. The molecule has 0 spiro atoms. The van der Waals surface area contributed by atoms with E-state index < -0.39 is 0 Å². The first-order chi connectivity index (χ1) is 7.66. The van der Waals surface area contributed by atoms with Crippen molar-refractivity contribution in [3.63, 3.8) is 0 Å². The van der Waals surface area contributed by atoms with Crippen LogP contribution in [0.5, 0.6) is 0 Å². The Bertz CT molecular complexity index is 494. The van der Waals surface area contributed by atoms with E-state index in [-0.39, 0.29) is 0 Å². The SMILES string of the molecule is Cc1cc(N)ccc1SCc1ncoc1C. The van der Waals surface area contributed by atoms with Gasteiger partial charge in [-0.1, -0.05) is 0 Å². The van der Waals surface area contributed by atoms with Crippen molar-refractivity contribution < 1.29 is 4.42 Å². The number of anilines is 1. The molecule has 0 unspecified atom stereocenters. The summed E-state index contributed by atoms with van der Waals surface area (Å²) in [6, 6.07) is 5.95. The van der Waals surface area contributed by atoms with Crippen LogP contribution in [0.4, 0.5) is 5.69 Å². The average Bonchev–Trinajstić information content (AvgIpc) is 2.63. The number of aryl methyl sites for hydroxylation is 2. The summed E-state index contributed by atoms with van der Waals surface area (Å²) >= 11 is 1.75. The second-order valence-electron chi connectivity index (χ2n) is 3.67. The van der Waals surface area contributed by atoms with Crippen LogP contribution in [0, 0.1) is 13.8 Å². The quantitative estimate of drug-likeness (QED) is 0.654. The summed E-state index contributed by atoms with van der Waals surface area (Å²) in [7, 11) is 0. The van der Waals surface area contributed by atoms with Gasteiger partial charge in [-0.3, -0.25) is 0 Å². The molecule has 1 aromatic heterocycles. The molecule has 0 radical (unpaired) electrons. The van der Waals surface area contributed by atoms with Crippen LogP contribution in [-0.2, 0) is 5.75 Å². The lowest BCUT2D eigenvalue weighted by Crippen LogP contribution is -1.88. The predicted octanol–water partition coefficient (Wildman–Crippen LogP) is 3.17. The van der Waals surface area contributed by atoms with Gasteiger partial charge in [0, 0.05) is 16.3 Å². The van der Waals surface area contributed by atoms with Gasteiger partial charge in [0.05, 0.1) is 5.69 Å². The Morgan fingerprint density at radius 3 is 2.81 bits per heavy atom. The molecule has 0 aliphatic rings. The summed E-state index contributed by atoms with van der Waals surface area (Å²) in [5, 5.41) is 0. The zero-order valence-electron chi connectivity index (χ0n) is 9.36. The van der Waals surface area contributed by atoms with Crippen LogP contribution in [0.1, 0.15) is 17.0 Å². The number of oxazole rings is 1. The molecule has 4 heteroatoms. The highest BCUT2D eigenvalue weighted by molar-refractivity contribution is 7.98. The number of nitrogens with zero attached hydrogens (tertiary/aromatic N) is 1. The van der Waals surface area contributed by atoms with Crippen LogP contribution in [0.2, 0.25) is 0 Å². The van der Waals surface area contributed by atoms with E-state index in [1.54, 1.807) is 11.8 Å². The Hall–Kier alpha value is -1.42. The normalized spacial score (nSPS) is 10.6. The van der Waals surface area contributed by atoms with Crippen LogP contribution in [-0.4, -0.2) is 4.98 Å². The Kier molecular flexibility index (Phi) is 3.19. The van der Waals surface area contributed by atoms with E-state index >= 15 is 0 Å². The number of nitrogens with two attached hydrogens (primary N) is 1. The third-order valence-electron chi connectivity index (χ3n) is 2.41. The molecule has 84 valence electrons. The lowest BCUT2D eigenvalue weighted by Gasteiger charge is -2.05. The molecule has 1 aromatic carbocycles. The van der Waals surface area contributed by atoms with Crippen molar-refractivity contribution in [1.29, 1.82) is 0 Å². The highest BCUT2D eigenvalue weighted by atomic mass is 32.2. The van der Waals surface area contributed by atoms with Crippen LogP contribution >= 0.6 is 11.8 Å². The number of hydrogen-bond acceptors (Lipinski definition) is 4. The highest BCUT2D eigenvalue weighted by Gasteiger charge is 2.05. The summed E-state index contributed by atoms with van der Waals surface area (Å²) in [5.74, 6) is 1.72. The molecular formula is C12H14N2OS. The van der Waals surface area contributed by atoms with E-state index in [0.29, 0.717) is 0 Å². The zero-order valence-corrected chi connectivity index (χ0v) is 10.2. The van der Waals surface area contributed by atoms with E-state index in [2.05, 4.69) is 11.9 Å². The van der Waals surface area contributed by atoms with Gasteiger partial charge in [0.25, 0.3) is 0 Å². The van der Waals surface area contributed by atoms with Crippen LogP contribution in [0.15, 0.2) is 33.9 Å². The van der Waals surface area contributed by atoms with Gasteiger partial charge in [-0.15, -0.1) is 11.8 Å². The Morgan fingerprint density at radius 1 is 1.38 bits per heavy atom. The van der Waals surface area contributed by atoms with Crippen molar-refractivity contribution in [3.8, 4) is 0 Å². The second kappa shape index (κ2) is 4.61. The van der Waals surface area contributed by atoms with Gasteiger partial charge in [0.2, 0.25) is 0 Å². The number of thioether (sulfide) groups is 1. The van der Waals surface area contributed by atoms with Crippen molar-refractivity contribution in [2.45, 2.75) is 24.5 Å². The summed E-state index contributed by atoms with van der Waals surface area (Å²) < 4.78 is 5.16. The monoisotopic (exact) mass is 234 g/mol. The van der Waals surface area contributed by atoms with Crippen molar-refractivity contribution in [2.75, 3.05) is 5.73 Å². The lowest BCUT2D eigenvalue weighted by molar-refractivity contribution is 0.525. The standard InChI is InChI=1S/C12H14N2OS/c1-8-5-10(13)3-4-12(8)16-6-11-9(2)15-7-14-11/h3-5,7H,6,13H2,1-2H3. The van der Waals surface area contributed by atoms with Gasteiger partial charge in [-0.05, 0) is 37.6 Å². The minimum absolute atomic E-state index is 0.805. The van der Waals surface area contributed by atoms with Gasteiger partial charge >= 0.3 is 0 Å². The molecule has 3 nitrogen and oxygen atoms in total. The Morgan fingerprint density at radius 2 is 2.19 bits per heavy atom. The summed E-state index contributed by atoms with van der Waals surface area (Å²) in [6.07, 6.45) is 1.49. The maximum atomic E-state index is 5.71. The molecule has 2 N–H and O–H groups in total. The molecule has 2 aromatic rings. The summed E-state index contributed by atoms with van der Waals surface area (Å²) in [5.41, 5.74) is 8.71. The topological polar surface area (TPSA) is 52.0 Å². The molecule has 1 heterocycles. The minimum atomic E-state index is 0.805. The first-order valence-electron chi connectivity index (χ1n) is 5.04. The van der Waals surface area contributed by atoms with Crippen molar-refractivity contribution in [1.82, 2.24) is 4.98 Å². The number of hydrogen-bond donors (Lipinski definition) is 1. The van der Waals surface area contributed by atoms with Gasteiger partial charge in [-0.2, -0.15) is 0 Å². The molecule has 0 saturated carbocycles. The van der Waals surface area contributed by atoms with E-state index in [9.17, 15) is 0 Å². The maximum Gasteiger partial charge on any atom is 0.181 e. The van der Waals surface area contributed by atoms with E-state index in [1.165, 1.54) is 16.9 Å². The highest BCUT2D eigenvalue weighted by Crippen LogP contribution is 2.27. The molecule has 0 bridgehead atoms. The van der Waals surface area contributed by atoms with Gasteiger partial charge in [0.15, 0.2) is 6.39 Å².